The van der Waals surface area contributed by atoms with Crippen LogP contribution in [0.1, 0.15) is 38.9 Å². The quantitative estimate of drug-likeness (QED) is 0.209. The molecule has 5 rings (SSSR count). The number of tetrazole rings is 1. The van der Waals surface area contributed by atoms with Crippen molar-refractivity contribution < 1.29 is 9.59 Å². The topological polar surface area (TPSA) is 134 Å². The summed E-state index contributed by atoms with van der Waals surface area (Å²) in [6, 6.07) is 19.3. The van der Waals surface area contributed by atoms with Crippen molar-refractivity contribution in [2.24, 2.45) is 0 Å². The zero-order chi connectivity index (χ0) is 30.5. The average molecular weight is 619 g/mol. The van der Waals surface area contributed by atoms with E-state index in [4.69, 9.17) is 28.2 Å². The molecule has 5 aromatic rings. The fraction of sp³-hybridized carbons (Fsp3) is 0.200. The summed E-state index contributed by atoms with van der Waals surface area (Å²) in [7, 11) is 3.40. The number of urea groups is 1. The van der Waals surface area contributed by atoms with Gasteiger partial charge in [0.25, 0.3) is 5.91 Å². The highest BCUT2D eigenvalue weighted by Crippen LogP contribution is 2.29. The minimum Gasteiger partial charge on any atom is -0.345 e. The van der Waals surface area contributed by atoms with E-state index in [1.807, 2.05) is 49.4 Å². The SMILES string of the molecule is Cc1ccc(-c2nc([C@H](Cc3cccc(C(=O)N(C)C)c3)NC(=O)NCc3cc(Cl)ccc3-n3cnnn3)[nH]c2Cl)cc1. The number of aromatic amines is 1. The molecule has 3 N–H and O–H groups in total. The van der Waals surface area contributed by atoms with E-state index in [1.54, 1.807) is 38.4 Å². The van der Waals surface area contributed by atoms with Gasteiger partial charge in [-0.3, -0.25) is 4.79 Å². The molecule has 0 aliphatic heterocycles. The molecule has 0 saturated heterocycles. The van der Waals surface area contributed by atoms with Crippen molar-refractivity contribution in [3.8, 4) is 16.9 Å². The van der Waals surface area contributed by atoms with Gasteiger partial charge in [-0.1, -0.05) is 65.2 Å². The normalized spacial score (nSPS) is 11.7. The minimum atomic E-state index is -0.611. The maximum absolute atomic E-state index is 13.3. The molecule has 3 aromatic carbocycles. The van der Waals surface area contributed by atoms with Crippen LogP contribution in [0.4, 0.5) is 4.79 Å². The van der Waals surface area contributed by atoms with Crippen LogP contribution in [0.15, 0.2) is 73.1 Å². The summed E-state index contributed by atoms with van der Waals surface area (Å²) in [6.07, 6.45) is 1.80. The second-order valence-corrected chi connectivity index (χ2v) is 11.0. The molecule has 0 radical (unpaired) electrons. The van der Waals surface area contributed by atoms with E-state index in [1.165, 1.54) is 15.9 Å². The lowest BCUT2D eigenvalue weighted by Crippen LogP contribution is -2.39. The third kappa shape index (κ3) is 7.19. The Kier molecular flexibility index (Phi) is 9.03. The molecular formula is C30H29Cl2N9O2. The molecular weight excluding hydrogens is 589 g/mol. The number of rotatable bonds is 9. The van der Waals surface area contributed by atoms with E-state index in [-0.39, 0.29) is 12.5 Å². The Morgan fingerprint density at radius 2 is 1.84 bits per heavy atom. The molecule has 0 bridgehead atoms. The zero-order valence-electron chi connectivity index (χ0n) is 23.7. The number of H-pyrrole nitrogens is 1. The predicted octanol–water partition coefficient (Wildman–Crippen LogP) is 5.15. The van der Waals surface area contributed by atoms with Crippen molar-refractivity contribution in [3.05, 3.63) is 111 Å². The standard InChI is InChI=1S/C30H29Cl2N9O2/c1-18-7-9-20(10-8-18)26-27(32)37-28(36-26)24(14-19-5-4-6-21(13-19)29(42)40(2)3)35-30(43)33-16-22-15-23(31)11-12-25(22)41-17-34-38-39-41/h4-13,15,17,24H,14,16H2,1-3H3,(H,36,37)(H2,33,35,43)/t24-/m0/s1. The number of carbonyl (C=O) groups excluding carboxylic acids is 2. The summed E-state index contributed by atoms with van der Waals surface area (Å²) < 4.78 is 1.49. The first-order valence-electron chi connectivity index (χ1n) is 13.4. The molecule has 0 aliphatic carbocycles. The van der Waals surface area contributed by atoms with E-state index >= 15 is 0 Å². The molecule has 0 fully saturated rings. The van der Waals surface area contributed by atoms with Crippen molar-refractivity contribution in [1.82, 2.24) is 45.7 Å². The lowest BCUT2D eigenvalue weighted by molar-refractivity contribution is 0.0827. The summed E-state index contributed by atoms with van der Waals surface area (Å²) in [6.45, 7) is 2.15. The van der Waals surface area contributed by atoms with Crippen molar-refractivity contribution in [2.75, 3.05) is 14.1 Å². The van der Waals surface area contributed by atoms with Crippen LogP contribution in [-0.2, 0) is 13.0 Å². The number of halogens is 2. The number of nitrogens with one attached hydrogen (secondary N) is 3. The Balaban J connectivity index is 1.40. The van der Waals surface area contributed by atoms with E-state index in [9.17, 15) is 9.59 Å². The van der Waals surface area contributed by atoms with Crippen molar-refractivity contribution in [3.63, 3.8) is 0 Å². The van der Waals surface area contributed by atoms with Gasteiger partial charge in [0.15, 0.2) is 0 Å². The average Bonchev–Trinajstić information content (AvgIpc) is 3.66. The second kappa shape index (κ2) is 13.1. The lowest BCUT2D eigenvalue weighted by atomic mass is 10.0. The Hall–Kier alpha value is -4.74. The maximum atomic E-state index is 13.3. The van der Waals surface area contributed by atoms with Crippen LogP contribution in [0.25, 0.3) is 16.9 Å². The molecule has 13 heteroatoms. The van der Waals surface area contributed by atoms with Gasteiger partial charge in [0, 0.05) is 36.8 Å². The largest absolute Gasteiger partial charge is 0.345 e. The molecule has 11 nitrogen and oxygen atoms in total. The van der Waals surface area contributed by atoms with Gasteiger partial charge in [0.1, 0.15) is 23.0 Å². The van der Waals surface area contributed by atoms with Gasteiger partial charge in [-0.05, 0) is 65.2 Å². The highest BCUT2D eigenvalue weighted by molar-refractivity contribution is 6.32. The number of aromatic nitrogens is 6. The van der Waals surface area contributed by atoms with Gasteiger partial charge in [-0.25, -0.2) is 14.5 Å². The molecule has 43 heavy (non-hydrogen) atoms. The predicted molar refractivity (Wildman–Crippen MR) is 164 cm³/mol. The van der Waals surface area contributed by atoms with Crippen LogP contribution < -0.4 is 10.6 Å². The van der Waals surface area contributed by atoms with E-state index in [0.29, 0.717) is 44.9 Å². The van der Waals surface area contributed by atoms with Crippen LogP contribution in [-0.4, -0.2) is 61.1 Å². The van der Waals surface area contributed by atoms with Gasteiger partial charge < -0.3 is 20.5 Å². The number of aryl methyl sites for hydroxylation is 1. The van der Waals surface area contributed by atoms with Crippen molar-refractivity contribution in [1.29, 1.82) is 0 Å². The maximum Gasteiger partial charge on any atom is 0.315 e. The highest BCUT2D eigenvalue weighted by atomic mass is 35.5. The zero-order valence-corrected chi connectivity index (χ0v) is 25.2. The number of nitrogens with zero attached hydrogens (tertiary/aromatic N) is 6. The molecule has 0 saturated carbocycles. The van der Waals surface area contributed by atoms with E-state index in [0.717, 1.165) is 16.7 Å². The Labute approximate surface area is 258 Å². The van der Waals surface area contributed by atoms with Crippen molar-refractivity contribution >= 4 is 35.1 Å². The van der Waals surface area contributed by atoms with Crippen LogP contribution in [0.2, 0.25) is 10.2 Å². The number of hydrogen-bond donors (Lipinski definition) is 3. The van der Waals surface area contributed by atoms with Gasteiger partial charge in [-0.15, -0.1) is 5.10 Å². The first kappa shape index (κ1) is 29.7. The fourth-order valence-electron chi connectivity index (χ4n) is 4.55. The first-order chi connectivity index (χ1) is 20.7. The number of carbonyl (C=O) groups is 2. The molecule has 220 valence electrons. The summed E-state index contributed by atoms with van der Waals surface area (Å²) in [5.41, 5.74) is 5.29. The number of amides is 3. The monoisotopic (exact) mass is 617 g/mol. The molecule has 1 atom stereocenters. The molecule has 2 heterocycles. The Morgan fingerprint density at radius 3 is 2.56 bits per heavy atom. The van der Waals surface area contributed by atoms with Gasteiger partial charge in [0.05, 0.1) is 11.7 Å². The van der Waals surface area contributed by atoms with Crippen molar-refractivity contribution in [2.45, 2.75) is 25.9 Å². The van der Waals surface area contributed by atoms with E-state index < -0.39 is 12.1 Å². The number of benzene rings is 3. The van der Waals surface area contributed by atoms with Crippen LogP contribution in [0.3, 0.4) is 0 Å². The fourth-order valence-corrected chi connectivity index (χ4v) is 5.00. The van der Waals surface area contributed by atoms with Gasteiger partial charge >= 0.3 is 6.03 Å². The molecule has 0 aliphatic rings. The highest BCUT2D eigenvalue weighted by Gasteiger charge is 2.22. The summed E-state index contributed by atoms with van der Waals surface area (Å²) in [5.74, 6) is 0.351. The second-order valence-electron chi connectivity index (χ2n) is 10.2. The van der Waals surface area contributed by atoms with Gasteiger partial charge in [0.2, 0.25) is 0 Å². The van der Waals surface area contributed by atoms with E-state index in [2.05, 4.69) is 31.1 Å². The van der Waals surface area contributed by atoms with Crippen LogP contribution in [0, 0.1) is 6.92 Å². The third-order valence-corrected chi connectivity index (χ3v) is 7.24. The molecule has 0 unspecified atom stereocenters. The summed E-state index contributed by atoms with van der Waals surface area (Å²) in [4.78, 5) is 35.3. The summed E-state index contributed by atoms with van der Waals surface area (Å²) >= 11 is 12.8. The molecule has 3 amide bonds. The number of hydrogen-bond acceptors (Lipinski definition) is 6. The van der Waals surface area contributed by atoms with Crippen LogP contribution in [0.5, 0.6) is 0 Å². The third-order valence-electron chi connectivity index (χ3n) is 6.74. The Morgan fingerprint density at radius 1 is 1.05 bits per heavy atom. The molecule has 2 aromatic heterocycles. The van der Waals surface area contributed by atoms with Crippen LogP contribution >= 0.6 is 23.2 Å². The smallest absolute Gasteiger partial charge is 0.315 e. The minimum absolute atomic E-state index is 0.119. The first-order valence-corrected chi connectivity index (χ1v) is 14.1. The molecule has 0 spiro atoms. The van der Waals surface area contributed by atoms with Gasteiger partial charge in [-0.2, -0.15) is 0 Å². The Bertz CT molecular complexity index is 1740. The lowest BCUT2D eigenvalue weighted by Gasteiger charge is -2.19. The summed E-state index contributed by atoms with van der Waals surface area (Å²) in [5, 5.41) is 18.1. The number of imidazole rings is 1.